The van der Waals surface area contributed by atoms with Gasteiger partial charge in [-0.1, -0.05) is 16.5 Å². The first-order chi connectivity index (χ1) is 16.5. The SMILES string of the molecule is CCON=C1CC(CN2C(C)CN(c3nc(=O)c4cc(C(F)(F)F)cc([N+](=O)[O-])c4s3)CC2C)C1. The summed E-state index contributed by atoms with van der Waals surface area (Å²) in [6, 6.07) is 1.36. The van der Waals surface area contributed by atoms with E-state index in [1.165, 1.54) is 0 Å². The number of fused-ring (bicyclic) bond motifs is 1. The minimum Gasteiger partial charge on any atom is -0.396 e. The fourth-order valence-corrected chi connectivity index (χ4v) is 5.80. The van der Waals surface area contributed by atoms with Crippen LogP contribution in [0.1, 0.15) is 39.2 Å². The largest absolute Gasteiger partial charge is 0.416 e. The lowest BCUT2D eigenvalue weighted by atomic mass is 9.82. The Labute approximate surface area is 203 Å². The first-order valence-corrected chi connectivity index (χ1v) is 12.2. The second-order valence-corrected chi connectivity index (χ2v) is 10.1. The molecule has 1 saturated carbocycles. The van der Waals surface area contributed by atoms with Crippen molar-refractivity contribution < 1.29 is 22.9 Å². The highest BCUT2D eigenvalue weighted by molar-refractivity contribution is 7.22. The van der Waals surface area contributed by atoms with Crippen LogP contribution >= 0.6 is 11.3 Å². The maximum atomic E-state index is 13.2. The Bertz CT molecular complexity index is 1200. The van der Waals surface area contributed by atoms with E-state index < -0.39 is 33.3 Å². The van der Waals surface area contributed by atoms with Crippen molar-refractivity contribution in [2.75, 3.05) is 31.1 Å². The van der Waals surface area contributed by atoms with Crippen LogP contribution in [-0.2, 0) is 11.0 Å². The minimum atomic E-state index is -4.81. The summed E-state index contributed by atoms with van der Waals surface area (Å²) in [6.07, 6.45) is -3.01. The Morgan fingerprint density at radius 2 is 1.91 bits per heavy atom. The van der Waals surface area contributed by atoms with E-state index in [-0.39, 0.29) is 21.9 Å². The molecule has 0 spiro atoms. The normalized spacial score (nSPS) is 23.3. The Morgan fingerprint density at radius 3 is 2.49 bits per heavy atom. The number of nitro benzene ring substituents is 1. The maximum Gasteiger partial charge on any atom is 0.416 e. The minimum absolute atomic E-state index is 0.101. The number of nitrogens with zero attached hydrogens (tertiary/aromatic N) is 5. The maximum absolute atomic E-state index is 13.2. The number of non-ortho nitro benzene ring substituents is 1. The molecule has 2 atom stereocenters. The second kappa shape index (κ2) is 9.69. The molecule has 1 aliphatic heterocycles. The molecule has 2 aromatic rings. The van der Waals surface area contributed by atoms with Crippen molar-refractivity contribution >= 4 is 38.0 Å². The number of benzene rings is 1. The molecule has 35 heavy (non-hydrogen) atoms. The molecular weight excluding hydrogens is 487 g/mol. The number of hydrogen-bond donors (Lipinski definition) is 0. The van der Waals surface area contributed by atoms with Gasteiger partial charge in [-0.3, -0.25) is 19.8 Å². The van der Waals surface area contributed by atoms with Gasteiger partial charge in [-0.05, 0) is 45.6 Å². The van der Waals surface area contributed by atoms with E-state index >= 15 is 0 Å². The lowest BCUT2D eigenvalue weighted by Crippen LogP contribution is -2.58. The molecule has 0 N–H and O–H groups in total. The zero-order valence-corrected chi connectivity index (χ0v) is 20.4. The van der Waals surface area contributed by atoms with Gasteiger partial charge in [0.05, 0.1) is 21.6 Å². The van der Waals surface area contributed by atoms with Gasteiger partial charge in [-0.2, -0.15) is 18.2 Å². The first-order valence-electron chi connectivity index (χ1n) is 11.4. The average Bonchev–Trinajstić information content (AvgIpc) is 2.75. The quantitative estimate of drug-likeness (QED) is 0.420. The summed E-state index contributed by atoms with van der Waals surface area (Å²) >= 11 is 0.882. The van der Waals surface area contributed by atoms with Crippen molar-refractivity contribution in [1.29, 1.82) is 0 Å². The number of anilines is 1. The highest BCUT2D eigenvalue weighted by atomic mass is 32.1. The molecule has 0 bridgehead atoms. The number of piperazine rings is 1. The van der Waals surface area contributed by atoms with Crippen molar-refractivity contribution in [2.24, 2.45) is 11.1 Å². The number of halogens is 3. The van der Waals surface area contributed by atoms with Crippen molar-refractivity contribution in [3.05, 3.63) is 38.2 Å². The van der Waals surface area contributed by atoms with E-state index in [1.54, 1.807) is 0 Å². The van der Waals surface area contributed by atoms with Gasteiger partial charge in [0.1, 0.15) is 11.3 Å². The zero-order valence-electron chi connectivity index (χ0n) is 19.5. The highest BCUT2D eigenvalue weighted by Gasteiger charge is 2.37. The number of rotatable bonds is 6. The predicted octanol–water partition coefficient (Wildman–Crippen LogP) is 4.29. The molecule has 13 heteroatoms. The summed E-state index contributed by atoms with van der Waals surface area (Å²) in [5, 5.41) is 15.5. The van der Waals surface area contributed by atoms with E-state index in [0.717, 1.165) is 36.4 Å². The third-order valence-electron chi connectivity index (χ3n) is 6.43. The summed E-state index contributed by atoms with van der Waals surface area (Å²) in [5.74, 6) is 0.492. The molecule has 190 valence electrons. The van der Waals surface area contributed by atoms with Crippen LogP contribution in [0.15, 0.2) is 22.1 Å². The van der Waals surface area contributed by atoms with Gasteiger partial charge in [0, 0.05) is 37.8 Å². The van der Waals surface area contributed by atoms with E-state index in [1.807, 2.05) is 11.8 Å². The molecule has 2 unspecified atom stereocenters. The molecule has 9 nitrogen and oxygen atoms in total. The summed E-state index contributed by atoms with van der Waals surface area (Å²) in [6.45, 7) is 8.55. The van der Waals surface area contributed by atoms with Crippen molar-refractivity contribution in [1.82, 2.24) is 9.88 Å². The Morgan fingerprint density at radius 1 is 1.26 bits per heavy atom. The van der Waals surface area contributed by atoms with Gasteiger partial charge in [-0.15, -0.1) is 0 Å². The number of aromatic nitrogens is 1. The summed E-state index contributed by atoms with van der Waals surface area (Å²) in [7, 11) is 0. The van der Waals surface area contributed by atoms with Gasteiger partial charge in [0.2, 0.25) is 0 Å². The van der Waals surface area contributed by atoms with Gasteiger partial charge >= 0.3 is 6.18 Å². The van der Waals surface area contributed by atoms with E-state index in [2.05, 4.69) is 28.9 Å². The van der Waals surface area contributed by atoms with E-state index in [0.29, 0.717) is 37.7 Å². The molecule has 1 aromatic heterocycles. The molecule has 2 fully saturated rings. The van der Waals surface area contributed by atoms with Gasteiger partial charge in [-0.25, -0.2) is 0 Å². The molecule has 1 saturated heterocycles. The molecule has 1 aliphatic carbocycles. The third-order valence-corrected chi connectivity index (χ3v) is 7.59. The van der Waals surface area contributed by atoms with Gasteiger partial charge < -0.3 is 9.74 Å². The average molecular weight is 514 g/mol. The Balaban J connectivity index is 1.56. The fourth-order valence-electron chi connectivity index (χ4n) is 4.71. The first kappa shape index (κ1) is 25.3. The summed E-state index contributed by atoms with van der Waals surface area (Å²) < 4.78 is 39.5. The lowest BCUT2D eigenvalue weighted by molar-refractivity contribution is -0.383. The fraction of sp³-hybridized carbons (Fsp3) is 0.591. The standard InChI is InChI=1S/C22H26F3N5O4S/c1-4-34-27-16-5-14(6-16)11-29-12(2)9-28(10-13(29)3)21-26-20(31)17-7-15(22(23,24)25)8-18(30(32)33)19(17)35-21/h7-8,12-14H,4-6,9-11H2,1-3H3. The smallest absolute Gasteiger partial charge is 0.396 e. The molecule has 0 radical (unpaired) electrons. The predicted molar refractivity (Wildman–Crippen MR) is 127 cm³/mol. The molecule has 2 heterocycles. The molecule has 4 rings (SSSR count). The van der Waals surface area contributed by atoms with Crippen LogP contribution in [0.4, 0.5) is 24.0 Å². The van der Waals surface area contributed by atoms with Crippen molar-refractivity contribution in [3.63, 3.8) is 0 Å². The van der Waals surface area contributed by atoms with Crippen LogP contribution in [0, 0.1) is 16.0 Å². The van der Waals surface area contributed by atoms with Crippen molar-refractivity contribution in [2.45, 2.75) is 51.9 Å². The number of hydrogen-bond acceptors (Lipinski definition) is 9. The van der Waals surface area contributed by atoms with Gasteiger partial charge in [0.25, 0.3) is 11.2 Å². The third kappa shape index (κ3) is 5.25. The highest BCUT2D eigenvalue weighted by Crippen LogP contribution is 2.39. The number of alkyl halides is 3. The lowest BCUT2D eigenvalue weighted by Gasteiger charge is -2.47. The summed E-state index contributed by atoms with van der Waals surface area (Å²) in [4.78, 5) is 36.7. The Hall–Kier alpha value is -2.80. The van der Waals surface area contributed by atoms with Crippen LogP contribution in [0.25, 0.3) is 10.1 Å². The monoisotopic (exact) mass is 513 g/mol. The van der Waals surface area contributed by atoms with Gasteiger partial charge in [0.15, 0.2) is 5.13 Å². The van der Waals surface area contributed by atoms with E-state index in [9.17, 15) is 28.1 Å². The molecule has 1 aromatic carbocycles. The number of oxime groups is 1. The van der Waals surface area contributed by atoms with Crippen LogP contribution in [-0.4, -0.2) is 58.8 Å². The Kier molecular flexibility index (Phi) is 7.00. The van der Waals surface area contributed by atoms with E-state index in [4.69, 9.17) is 4.84 Å². The second-order valence-electron chi connectivity index (χ2n) is 9.08. The molecular formula is C22H26F3N5O4S. The molecule has 2 aliphatic rings. The molecule has 0 amide bonds. The van der Waals surface area contributed by atoms with Crippen LogP contribution < -0.4 is 10.5 Å². The van der Waals surface area contributed by atoms with Crippen LogP contribution in [0.5, 0.6) is 0 Å². The zero-order chi connectivity index (χ0) is 25.5. The van der Waals surface area contributed by atoms with Crippen LogP contribution in [0.2, 0.25) is 0 Å². The van der Waals surface area contributed by atoms with Crippen LogP contribution in [0.3, 0.4) is 0 Å². The van der Waals surface area contributed by atoms with Crippen molar-refractivity contribution in [3.8, 4) is 0 Å². The summed E-state index contributed by atoms with van der Waals surface area (Å²) in [5.41, 5.74) is -1.82. The number of nitro groups is 1. The topological polar surface area (TPSA) is 101 Å².